The van der Waals surface area contributed by atoms with Gasteiger partial charge in [0.05, 0.1) is 17.9 Å². The third-order valence-corrected chi connectivity index (χ3v) is 8.32. The number of rotatable bonds is 16. The Morgan fingerprint density at radius 2 is 1.54 bits per heavy atom. The van der Waals surface area contributed by atoms with Crippen molar-refractivity contribution < 1.29 is 19.5 Å². The summed E-state index contributed by atoms with van der Waals surface area (Å²) < 4.78 is 10.9. The second-order valence-electron chi connectivity index (χ2n) is 10.9. The summed E-state index contributed by atoms with van der Waals surface area (Å²) in [6, 6.07) is 20.0. The maximum Gasteiger partial charge on any atom is 0.283 e. The van der Waals surface area contributed by atoms with Gasteiger partial charge in [-0.25, -0.2) is 0 Å². The van der Waals surface area contributed by atoms with E-state index in [1.165, 1.54) is 6.26 Å². The molecule has 4 unspecified atom stereocenters. The number of nitrogens with two attached hydrogens (primary N) is 1. The molecule has 7 heteroatoms. The summed E-state index contributed by atoms with van der Waals surface area (Å²) in [4.78, 5) is 12.4. The Bertz CT molecular complexity index is 1200. The molecule has 5 N–H and O–H groups in total. The number of ether oxygens (including phenoxy) is 1. The van der Waals surface area contributed by atoms with E-state index < -0.39 is 17.1 Å². The number of aromatic amines is 1. The van der Waals surface area contributed by atoms with E-state index in [2.05, 4.69) is 24.2 Å². The summed E-state index contributed by atoms with van der Waals surface area (Å²) in [7, 11) is 1.76. The summed E-state index contributed by atoms with van der Waals surface area (Å²) in [5.74, 6) is 0. The average molecular weight is 537 g/mol. The van der Waals surface area contributed by atoms with Crippen LogP contribution in [0.5, 0.6) is 0 Å². The van der Waals surface area contributed by atoms with Gasteiger partial charge in [0.2, 0.25) is 0 Å². The fourth-order valence-corrected chi connectivity index (χ4v) is 5.76. The van der Waals surface area contributed by atoms with Crippen molar-refractivity contribution in [2.24, 2.45) is 5.73 Å². The van der Waals surface area contributed by atoms with Crippen molar-refractivity contribution in [3.63, 3.8) is 0 Å². The van der Waals surface area contributed by atoms with Gasteiger partial charge in [-0.05, 0) is 36.8 Å². The molecule has 0 radical (unpaired) electrons. The molecule has 212 valence electrons. The number of nitrogens with one attached hydrogen (secondary N) is 1. The molecule has 0 saturated heterocycles. The van der Waals surface area contributed by atoms with Crippen molar-refractivity contribution >= 4 is 0 Å². The number of aromatic nitrogens is 1. The van der Waals surface area contributed by atoms with Crippen LogP contribution in [-0.2, 0) is 15.6 Å². The summed E-state index contributed by atoms with van der Waals surface area (Å²) in [6.45, 7) is 4.12. The highest BCUT2D eigenvalue weighted by molar-refractivity contribution is 5.37. The van der Waals surface area contributed by atoms with Gasteiger partial charge in [0.25, 0.3) is 5.56 Å². The van der Waals surface area contributed by atoms with Gasteiger partial charge in [-0.2, -0.15) is 5.16 Å². The van der Waals surface area contributed by atoms with Crippen LogP contribution in [0.25, 0.3) is 0 Å². The Morgan fingerprint density at radius 1 is 0.974 bits per heavy atom. The third-order valence-electron chi connectivity index (χ3n) is 8.32. The van der Waals surface area contributed by atoms with E-state index in [1.54, 1.807) is 7.11 Å². The minimum absolute atomic E-state index is 0.140. The van der Waals surface area contributed by atoms with E-state index in [0.29, 0.717) is 11.1 Å². The number of H-pyrrole nitrogens is 1. The van der Waals surface area contributed by atoms with Crippen molar-refractivity contribution in [1.82, 2.24) is 5.16 Å². The number of unbranched alkanes of at least 4 members (excludes halogenated alkanes) is 2. The lowest BCUT2D eigenvalue weighted by molar-refractivity contribution is 0.0824. The highest BCUT2D eigenvalue weighted by Crippen LogP contribution is 2.38. The number of benzene rings is 2. The van der Waals surface area contributed by atoms with Crippen molar-refractivity contribution in [3.8, 4) is 0 Å². The van der Waals surface area contributed by atoms with Gasteiger partial charge in [0.15, 0.2) is 0 Å². The largest absolute Gasteiger partial charge is 0.515 e. The predicted molar refractivity (Wildman–Crippen MR) is 155 cm³/mol. The van der Waals surface area contributed by atoms with Crippen LogP contribution in [0.1, 0.15) is 81.9 Å². The SMILES string of the molecule is COC(CCCCC(C)(/C(=C/O)C(N)O)c1ccccc1)CCCCC(C)(c1ccccc1)c1co[nH]c1=O. The van der Waals surface area contributed by atoms with Gasteiger partial charge in [0, 0.05) is 23.5 Å². The van der Waals surface area contributed by atoms with E-state index in [9.17, 15) is 15.0 Å². The molecule has 0 saturated carbocycles. The Morgan fingerprint density at radius 3 is 2.03 bits per heavy atom. The first-order valence-electron chi connectivity index (χ1n) is 13.8. The summed E-state index contributed by atoms with van der Waals surface area (Å²) in [5.41, 5.74) is 7.79. The first-order valence-corrected chi connectivity index (χ1v) is 13.8. The second-order valence-corrected chi connectivity index (χ2v) is 10.9. The first kappa shape index (κ1) is 30.4. The number of hydrogen-bond acceptors (Lipinski definition) is 6. The monoisotopic (exact) mass is 536 g/mol. The molecular weight excluding hydrogens is 492 g/mol. The van der Waals surface area contributed by atoms with Crippen LogP contribution in [0, 0.1) is 0 Å². The van der Waals surface area contributed by atoms with Crippen LogP contribution >= 0.6 is 0 Å². The summed E-state index contributed by atoms with van der Waals surface area (Å²) >= 11 is 0. The van der Waals surface area contributed by atoms with Crippen LogP contribution in [-0.4, -0.2) is 34.8 Å². The predicted octanol–water partition coefficient (Wildman–Crippen LogP) is 6.09. The van der Waals surface area contributed by atoms with Gasteiger partial charge in [-0.1, -0.05) is 100 Å². The molecule has 0 bridgehead atoms. The number of aliphatic hydroxyl groups excluding tert-OH is 2. The lowest BCUT2D eigenvalue weighted by Crippen LogP contribution is -2.36. The van der Waals surface area contributed by atoms with Crippen LogP contribution in [0.4, 0.5) is 0 Å². The Labute approximate surface area is 231 Å². The molecule has 3 rings (SSSR count). The zero-order chi connectivity index (χ0) is 28.3. The molecule has 1 heterocycles. The highest BCUT2D eigenvalue weighted by Gasteiger charge is 2.34. The van der Waals surface area contributed by atoms with E-state index in [1.807, 2.05) is 55.5 Å². The van der Waals surface area contributed by atoms with E-state index in [-0.39, 0.29) is 11.7 Å². The minimum Gasteiger partial charge on any atom is -0.515 e. The second kappa shape index (κ2) is 14.3. The van der Waals surface area contributed by atoms with Crippen molar-refractivity contribution in [2.45, 2.75) is 88.4 Å². The number of aliphatic hydroxyl groups is 2. The molecule has 0 amide bonds. The van der Waals surface area contributed by atoms with Crippen LogP contribution in [0.3, 0.4) is 0 Å². The van der Waals surface area contributed by atoms with Crippen molar-refractivity contribution in [1.29, 1.82) is 0 Å². The molecule has 0 aliphatic rings. The molecule has 4 atom stereocenters. The Hall–Kier alpha value is -3.13. The molecule has 2 aromatic carbocycles. The Kier molecular flexibility index (Phi) is 11.2. The highest BCUT2D eigenvalue weighted by atomic mass is 16.5. The Balaban J connectivity index is 1.54. The van der Waals surface area contributed by atoms with Crippen LogP contribution in [0.2, 0.25) is 0 Å². The smallest absolute Gasteiger partial charge is 0.283 e. The lowest BCUT2D eigenvalue weighted by Gasteiger charge is -2.34. The molecule has 1 aromatic heterocycles. The normalized spacial score (nSPS) is 16.8. The zero-order valence-electron chi connectivity index (χ0n) is 23.4. The van der Waals surface area contributed by atoms with Crippen molar-refractivity contribution in [3.05, 3.63) is 106 Å². The van der Waals surface area contributed by atoms with E-state index in [4.69, 9.17) is 15.0 Å². The number of methoxy groups -OCH3 is 1. The summed E-state index contributed by atoms with van der Waals surface area (Å²) in [5, 5.41) is 22.4. The molecule has 0 aliphatic heterocycles. The van der Waals surface area contributed by atoms with Crippen molar-refractivity contribution in [2.75, 3.05) is 7.11 Å². The molecule has 7 nitrogen and oxygen atoms in total. The first-order chi connectivity index (χ1) is 18.8. The molecule has 3 aromatic rings. The van der Waals surface area contributed by atoms with Crippen LogP contribution < -0.4 is 11.3 Å². The average Bonchev–Trinajstić information content (AvgIpc) is 3.39. The molecule has 0 aliphatic carbocycles. The fourth-order valence-electron chi connectivity index (χ4n) is 5.76. The van der Waals surface area contributed by atoms with Gasteiger partial charge in [-0.15, -0.1) is 0 Å². The molecule has 39 heavy (non-hydrogen) atoms. The maximum absolute atomic E-state index is 12.4. The van der Waals surface area contributed by atoms with Gasteiger partial charge >= 0.3 is 0 Å². The van der Waals surface area contributed by atoms with Crippen LogP contribution in [0.15, 0.2) is 88.1 Å². The topological polar surface area (TPSA) is 122 Å². The molecular formula is C32H44N2O5. The maximum atomic E-state index is 12.4. The van der Waals surface area contributed by atoms with E-state index >= 15 is 0 Å². The number of hydrogen-bond donors (Lipinski definition) is 4. The zero-order valence-corrected chi connectivity index (χ0v) is 23.4. The quantitative estimate of drug-likeness (QED) is 0.0999. The fraction of sp³-hybridized carbons (Fsp3) is 0.469. The summed E-state index contributed by atoms with van der Waals surface area (Å²) in [6.07, 6.45) is 8.59. The lowest BCUT2D eigenvalue weighted by atomic mass is 9.72. The third kappa shape index (κ3) is 7.50. The minimum atomic E-state index is -1.23. The molecule has 0 fully saturated rings. The standard InChI is InChI=1S/C32H44N2O5/c1-31(27(22-35)29(33)36,24-14-6-4-7-15-24)20-12-10-18-26(38-3)19-11-13-21-32(2,25-16-8-5-9-17-25)28-23-39-34-30(28)37/h4-9,14-17,22-23,26,29,35-36H,10-13,18-21,33H2,1-3H3,(H,34,37)/b27-22+. The van der Waals surface area contributed by atoms with E-state index in [0.717, 1.165) is 68.8 Å². The van der Waals surface area contributed by atoms with Gasteiger partial charge in [0.1, 0.15) is 12.5 Å². The van der Waals surface area contributed by atoms with Gasteiger partial charge < -0.3 is 25.2 Å². The van der Waals surface area contributed by atoms with Gasteiger partial charge in [-0.3, -0.25) is 4.79 Å². The molecule has 0 spiro atoms.